The summed E-state index contributed by atoms with van der Waals surface area (Å²) in [6.45, 7) is 5.35. The molecule has 0 aliphatic carbocycles. The SMILES string of the molecule is CSCCC(C=O)NC(=O)OC(C)(C)C. The van der Waals surface area contributed by atoms with Crippen molar-refractivity contribution < 1.29 is 14.3 Å². The monoisotopic (exact) mass is 233 g/mol. The smallest absolute Gasteiger partial charge is 0.408 e. The van der Waals surface area contributed by atoms with Gasteiger partial charge in [-0.1, -0.05) is 0 Å². The van der Waals surface area contributed by atoms with Crippen LogP contribution in [0.15, 0.2) is 0 Å². The molecule has 0 fully saturated rings. The highest BCUT2D eigenvalue weighted by atomic mass is 32.2. The lowest BCUT2D eigenvalue weighted by atomic mass is 10.2. The molecule has 0 aromatic carbocycles. The van der Waals surface area contributed by atoms with Crippen molar-refractivity contribution in [2.45, 2.75) is 38.8 Å². The average molecular weight is 233 g/mol. The topological polar surface area (TPSA) is 55.4 Å². The highest BCUT2D eigenvalue weighted by molar-refractivity contribution is 7.98. The van der Waals surface area contributed by atoms with Gasteiger partial charge in [-0.15, -0.1) is 0 Å². The number of amides is 1. The molecule has 0 bridgehead atoms. The van der Waals surface area contributed by atoms with Crippen LogP contribution in [-0.4, -0.2) is 36.0 Å². The minimum absolute atomic E-state index is 0.452. The van der Waals surface area contributed by atoms with E-state index in [0.717, 1.165) is 12.0 Å². The van der Waals surface area contributed by atoms with Gasteiger partial charge in [-0.25, -0.2) is 4.79 Å². The number of ether oxygens (including phenoxy) is 1. The maximum Gasteiger partial charge on any atom is 0.408 e. The quantitative estimate of drug-likeness (QED) is 0.736. The van der Waals surface area contributed by atoms with Gasteiger partial charge in [0.1, 0.15) is 11.9 Å². The summed E-state index contributed by atoms with van der Waals surface area (Å²) in [5.74, 6) is 0.833. The number of carbonyl (C=O) groups excluding carboxylic acids is 2. The molecule has 0 aromatic heterocycles. The van der Waals surface area contributed by atoms with Crippen molar-refractivity contribution in [2.24, 2.45) is 0 Å². The van der Waals surface area contributed by atoms with Crippen LogP contribution in [-0.2, 0) is 9.53 Å². The van der Waals surface area contributed by atoms with Crippen LogP contribution in [0.5, 0.6) is 0 Å². The summed E-state index contributed by atoms with van der Waals surface area (Å²) in [6.07, 6.45) is 2.78. The Labute approximate surface area is 95.1 Å². The van der Waals surface area contributed by atoms with Crippen molar-refractivity contribution in [3.05, 3.63) is 0 Å². The Hall–Kier alpha value is -0.710. The van der Waals surface area contributed by atoms with Crippen LogP contribution in [0.3, 0.4) is 0 Å². The zero-order chi connectivity index (χ0) is 11.9. The van der Waals surface area contributed by atoms with Crippen molar-refractivity contribution in [2.75, 3.05) is 12.0 Å². The summed E-state index contributed by atoms with van der Waals surface area (Å²) in [4.78, 5) is 21.9. The molecule has 88 valence electrons. The van der Waals surface area contributed by atoms with Crippen molar-refractivity contribution in [3.8, 4) is 0 Å². The van der Waals surface area contributed by atoms with E-state index in [-0.39, 0.29) is 0 Å². The first-order valence-electron chi connectivity index (χ1n) is 4.83. The fraction of sp³-hybridized carbons (Fsp3) is 0.800. The van der Waals surface area contributed by atoms with Crippen LogP contribution in [0, 0.1) is 0 Å². The summed E-state index contributed by atoms with van der Waals surface area (Å²) in [5.41, 5.74) is -0.531. The van der Waals surface area contributed by atoms with E-state index < -0.39 is 17.7 Å². The van der Waals surface area contributed by atoms with E-state index in [1.54, 1.807) is 32.5 Å². The van der Waals surface area contributed by atoms with Gasteiger partial charge in [0.2, 0.25) is 0 Å². The lowest BCUT2D eigenvalue weighted by molar-refractivity contribution is -0.109. The molecule has 1 N–H and O–H groups in total. The van der Waals surface area contributed by atoms with Gasteiger partial charge in [-0.3, -0.25) is 0 Å². The molecule has 1 unspecified atom stereocenters. The second-order valence-electron chi connectivity index (χ2n) is 4.17. The number of hydrogen-bond acceptors (Lipinski definition) is 4. The Morgan fingerprint density at radius 1 is 1.53 bits per heavy atom. The molecule has 0 rings (SSSR count). The number of nitrogens with one attached hydrogen (secondary N) is 1. The Kier molecular flexibility index (Phi) is 6.40. The van der Waals surface area contributed by atoms with E-state index >= 15 is 0 Å². The molecule has 0 aliphatic heterocycles. The molecule has 1 atom stereocenters. The fourth-order valence-corrected chi connectivity index (χ4v) is 1.37. The molecule has 15 heavy (non-hydrogen) atoms. The van der Waals surface area contributed by atoms with Gasteiger partial charge in [-0.05, 0) is 39.2 Å². The third kappa shape index (κ3) is 8.30. The summed E-state index contributed by atoms with van der Waals surface area (Å²) in [6, 6.07) is -0.452. The molecule has 0 saturated heterocycles. The first-order chi connectivity index (χ1) is 6.89. The van der Waals surface area contributed by atoms with Crippen LogP contribution >= 0.6 is 11.8 Å². The van der Waals surface area contributed by atoms with E-state index in [1.165, 1.54) is 0 Å². The first kappa shape index (κ1) is 14.3. The van der Waals surface area contributed by atoms with Crippen LogP contribution in [0.25, 0.3) is 0 Å². The molecule has 0 spiro atoms. The maximum absolute atomic E-state index is 11.3. The molecule has 0 aliphatic rings. The fourth-order valence-electron chi connectivity index (χ4n) is 0.878. The number of rotatable bonds is 5. The zero-order valence-corrected chi connectivity index (χ0v) is 10.5. The van der Waals surface area contributed by atoms with Gasteiger partial charge in [0.15, 0.2) is 0 Å². The van der Waals surface area contributed by atoms with E-state index in [1.807, 2.05) is 6.26 Å². The normalized spacial score (nSPS) is 13.1. The van der Waals surface area contributed by atoms with Crippen molar-refractivity contribution in [3.63, 3.8) is 0 Å². The lowest BCUT2D eigenvalue weighted by Gasteiger charge is -2.21. The molecule has 0 saturated carbocycles. The van der Waals surface area contributed by atoms with Crippen molar-refractivity contribution >= 4 is 24.1 Å². The summed E-state index contributed by atoms with van der Waals surface area (Å²) in [7, 11) is 0. The Bertz CT molecular complexity index is 213. The van der Waals surface area contributed by atoms with E-state index in [4.69, 9.17) is 4.74 Å². The Balaban J connectivity index is 3.96. The standard InChI is InChI=1S/C10H19NO3S/c1-10(2,3)14-9(13)11-8(7-12)5-6-15-4/h7-8H,5-6H2,1-4H3,(H,11,13). The third-order valence-corrected chi connectivity index (χ3v) is 2.14. The van der Waals surface area contributed by atoms with Crippen LogP contribution in [0.4, 0.5) is 4.79 Å². The van der Waals surface area contributed by atoms with Gasteiger partial charge in [0.05, 0.1) is 6.04 Å². The molecule has 0 heterocycles. The molecule has 5 heteroatoms. The highest BCUT2D eigenvalue weighted by Crippen LogP contribution is 2.07. The number of carbonyl (C=O) groups is 2. The average Bonchev–Trinajstić information content (AvgIpc) is 2.09. The first-order valence-corrected chi connectivity index (χ1v) is 6.22. The summed E-state index contributed by atoms with van der Waals surface area (Å²) in [5, 5.41) is 2.52. The molecular formula is C10H19NO3S. The van der Waals surface area contributed by atoms with Crippen molar-refractivity contribution in [1.82, 2.24) is 5.32 Å². The Morgan fingerprint density at radius 2 is 2.13 bits per heavy atom. The lowest BCUT2D eigenvalue weighted by Crippen LogP contribution is -2.40. The number of thioether (sulfide) groups is 1. The second kappa shape index (κ2) is 6.71. The number of alkyl carbamates (subject to hydrolysis) is 1. The van der Waals surface area contributed by atoms with Gasteiger partial charge in [0, 0.05) is 0 Å². The molecule has 0 radical (unpaired) electrons. The number of hydrogen-bond donors (Lipinski definition) is 1. The van der Waals surface area contributed by atoms with Gasteiger partial charge in [-0.2, -0.15) is 11.8 Å². The van der Waals surface area contributed by atoms with Crippen LogP contribution in [0.2, 0.25) is 0 Å². The van der Waals surface area contributed by atoms with E-state index in [0.29, 0.717) is 6.42 Å². The summed E-state index contributed by atoms with van der Waals surface area (Å²) >= 11 is 1.63. The third-order valence-electron chi connectivity index (χ3n) is 1.50. The largest absolute Gasteiger partial charge is 0.444 e. The van der Waals surface area contributed by atoms with E-state index in [2.05, 4.69) is 5.32 Å². The van der Waals surface area contributed by atoms with Crippen LogP contribution < -0.4 is 5.32 Å². The minimum Gasteiger partial charge on any atom is -0.444 e. The van der Waals surface area contributed by atoms with E-state index in [9.17, 15) is 9.59 Å². The van der Waals surface area contributed by atoms with Crippen LogP contribution in [0.1, 0.15) is 27.2 Å². The summed E-state index contributed by atoms with van der Waals surface area (Å²) < 4.78 is 5.03. The van der Waals surface area contributed by atoms with Gasteiger partial charge >= 0.3 is 6.09 Å². The minimum atomic E-state index is -0.541. The zero-order valence-electron chi connectivity index (χ0n) is 9.70. The highest BCUT2D eigenvalue weighted by Gasteiger charge is 2.18. The number of aldehydes is 1. The predicted molar refractivity (Wildman–Crippen MR) is 62.2 cm³/mol. The second-order valence-corrected chi connectivity index (χ2v) is 5.16. The molecule has 1 amide bonds. The van der Waals surface area contributed by atoms with Crippen molar-refractivity contribution in [1.29, 1.82) is 0 Å². The van der Waals surface area contributed by atoms with Gasteiger partial charge < -0.3 is 14.8 Å². The molecular weight excluding hydrogens is 214 g/mol. The Morgan fingerprint density at radius 3 is 2.53 bits per heavy atom. The predicted octanol–water partition coefficient (Wildman–Crippen LogP) is 1.83. The van der Waals surface area contributed by atoms with Gasteiger partial charge in [0.25, 0.3) is 0 Å². The maximum atomic E-state index is 11.3. The molecule has 0 aromatic rings. The molecule has 4 nitrogen and oxygen atoms in total.